The second kappa shape index (κ2) is 3.63. The third-order valence-electron chi connectivity index (χ3n) is 2.48. The minimum Gasteiger partial charge on any atom is -0.304 e. The number of hydrogen-bond acceptors (Lipinski definition) is 2. The summed E-state index contributed by atoms with van der Waals surface area (Å²) < 4.78 is 0. The number of thioether (sulfide) groups is 1. The van der Waals surface area contributed by atoms with E-state index in [-0.39, 0.29) is 0 Å². The zero-order valence-electron chi connectivity index (χ0n) is 6.75. The average molecular weight is 169 g/mol. The van der Waals surface area contributed by atoms with E-state index in [0.29, 0.717) is 0 Å². The second-order valence-electron chi connectivity index (χ2n) is 3.29. The first kappa shape index (κ1) is 7.69. The fourth-order valence-electron chi connectivity index (χ4n) is 1.84. The zero-order chi connectivity index (χ0) is 7.52. The van der Waals surface area contributed by atoms with Crippen molar-refractivity contribution in [3.8, 4) is 0 Å². The Morgan fingerprint density at radius 1 is 1.36 bits per heavy atom. The first-order chi connectivity index (χ1) is 5.47. The highest BCUT2D eigenvalue weighted by atomic mass is 32.2. The normalized spacial score (nSPS) is 37.8. The maximum Gasteiger partial charge on any atom is 0.0564 e. The van der Waals surface area contributed by atoms with Crippen molar-refractivity contribution >= 4 is 11.8 Å². The number of rotatable bonds is 1. The molecular formula is C9H15NS. The van der Waals surface area contributed by atoms with Gasteiger partial charge in [0.25, 0.3) is 0 Å². The zero-order valence-corrected chi connectivity index (χ0v) is 7.57. The van der Waals surface area contributed by atoms with Gasteiger partial charge in [0, 0.05) is 12.3 Å². The van der Waals surface area contributed by atoms with E-state index in [9.17, 15) is 0 Å². The second-order valence-corrected chi connectivity index (χ2v) is 4.54. The van der Waals surface area contributed by atoms with Crippen molar-refractivity contribution < 1.29 is 0 Å². The Hall–Kier alpha value is 0.0500. The lowest BCUT2D eigenvalue weighted by Crippen LogP contribution is -2.28. The molecule has 1 aliphatic carbocycles. The summed E-state index contributed by atoms with van der Waals surface area (Å²) in [6.45, 7) is 1.22. The summed E-state index contributed by atoms with van der Waals surface area (Å²) in [5.74, 6) is 2.22. The van der Waals surface area contributed by atoms with Crippen LogP contribution in [-0.2, 0) is 0 Å². The van der Waals surface area contributed by atoms with Crippen LogP contribution in [0.4, 0.5) is 0 Å². The molecule has 2 heteroatoms. The molecule has 2 atom stereocenters. The van der Waals surface area contributed by atoms with Gasteiger partial charge in [0.05, 0.1) is 5.37 Å². The first-order valence-electron chi connectivity index (χ1n) is 4.47. The molecular weight excluding hydrogens is 154 g/mol. The van der Waals surface area contributed by atoms with E-state index in [0.717, 1.165) is 11.3 Å². The highest BCUT2D eigenvalue weighted by Gasteiger charge is 2.24. The SMILES string of the molecule is C1=CCC(C2NCCS2)CC1. The molecule has 2 rings (SSSR count). The van der Waals surface area contributed by atoms with Gasteiger partial charge < -0.3 is 5.32 Å². The van der Waals surface area contributed by atoms with E-state index >= 15 is 0 Å². The lowest BCUT2D eigenvalue weighted by atomic mass is 9.94. The van der Waals surface area contributed by atoms with Gasteiger partial charge in [-0.15, -0.1) is 11.8 Å². The van der Waals surface area contributed by atoms with Crippen molar-refractivity contribution in [3.05, 3.63) is 12.2 Å². The molecule has 11 heavy (non-hydrogen) atoms. The van der Waals surface area contributed by atoms with Crippen LogP contribution in [0.25, 0.3) is 0 Å². The lowest BCUT2D eigenvalue weighted by molar-refractivity contribution is 0.429. The van der Waals surface area contributed by atoms with Gasteiger partial charge in [-0.2, -0.15) is 0 Å². The van der Waals surface area contributed by atoms with Crippen molar-refractivity contribution in [2.75, 3.05) is 12.3 Å². The molecule has 2 unspecified atom stereocenters. The molecule has 1 fully saturated rings. The van der Waals surface area contributed by atoms with E-state index in [1.54, 1.807) is 0 Å². The van der Waals surface area contributed by atoms with Gasteiger partial charge in [0.15, 0.2) is 0 Å². The minimum absolute atomic E-state index is 0.764. The highest BCUT2D eigenvalue weighted by molar-refractivity contribution is 8.00. The van der Waals surface area contributed by atoms with Crippen molar-refractivity contribution in [3.63, 3.8) is 0 Å². The molecule has 0 aromatic rings. The van der Waals surface area contributed by atoms with Crippen LogP contribution in [0.5, 0.6) is 0 Å². The summed E-state index contributed by atoms with van der Waals surface area (Å²) in [4.78, 5) is 0. The van der Waals surface area contributed by atoms with Gasteiger partial charge in [-0.25, -0.2) is 0 Å². The molecule has 1 aliphatic heterocycles. The lowest BCUT2D eigenvalue weighted by Gasteiger charge is -2.23. The Morgan fingerprint density at radius 3 is 3.00 bits per heavy atom. The molecule has 0 aromatic carbocycles. The predicted octanol–water partition coefficient (Wildman–Crippen LogP) is 2.01. The van der Waals surface area contributed by atoms with Crippen LogP contribution in [0.3, 0.4) is 0 Å². The van der Waals surface area contributed by atoms with E-state index in [1.807, 2.05) is 0 Å². The molecule has 1 nitrogen and oxygen atoms in total. The van der Waals surface area contributed by atoms with Gasteiger partial charge in [-0.1, -0.05) is 12.2 Å². The van der Waals surface area contributed by atoms with Crippen LogP contribution in [0, 0.1) is 5.92 Å². The van der Waals surface area contributed by atoms with Gasteiger partial charge in [0.1, 0.15) is 0 Å². The van der Waals surface area contributed by atoms with Crippen LogP contribution in [0.15, 0.2) is 12.2 Å². The smallest absolute Gasteiger partial charge is 0.0564 e. The highest BCUT2D eigenvalue weighted by Crippen LogP contribution is 2.30. The van der Waals surface area contributed by atoms with Crippen LogP contribution in [-0.4, -0.2) is 17.7 Å². The fourth-order valence-corrected chi connectivity index (χ4v) is 3.09. The van der Waals surface area contributed by atoms with E-state index in [1.165, 1.54) is 31.6 Å². The molecule has 0 radical (unpaired) electrons. The van der Waals surface area contributed by atoms with E-state index < -0.39 is 0 Å². The Bertz CT molecular complexity index is 150. The monoisotopic (exact) mass is 169 g/mol. The number of allylic oxidation sites excluding steroid dienone is 2. The Labute approximate surface area is 72.6 Å². The molecule has 0 amide bonds. The predicted molar refractivity (Wildman–Crippen MR) is 50.7 cm³/mol. The first-order valence-corrected chi connectivity index (χ1v) is 5.52. The van der Waals surface area contributed by atoms with E-state index in [2.05, 4.69) is 29.2 Å². The maximum atomic E-state index is 3.56. The summed E-state index contributed by atoms with van der Waals surface area (Å²) in [5.41, 5.74) is 0. The largest absolute Gasteiger partial charge is 0.304 e. The minimum atomic E-state index is 0.764. The molecule has 0 spiro atoms. The fraction of sp³-hybridized carbons (Fsp3) is 0.778. The van der Waals surface area contributed by atoms with Crippen molar-refractivity contribution in [2.24, 2.45) is 5.92 Å². The molecule has 62 valence electrons. The molecule has 2 aliphatic rings. The summed E-state index contributed by atoms with van der Waals surface area (Å²) >= 11 is 2.10. The molecule has 1 saturated heterocycles. The van der Waals surface area contributed by atoms with Gasteiger partial charge in [-0.05, 0) is 25.2 Å². The summed E-state index contributed by atoms with van der Waals surface area (Å²) in [7, 11) is 0. The third kappa shape index (κ3) is 1.79. The van der Waals surface area contributed by atoms with Crippen LogP contribution < -0.4 is 5.32 Å². The van der Waals surface area contributed by atoms with Crippen LogP contribution in [0.1, 0.15) is 19.3 Å². The number of hydrogen-bond donors (Lipinski definition) is 1. The Kier molecular flexibility index (Phi) is 2.54. The van der Waals surface area contributed by atoms with Crippen LogP contribution in [0.2, 0.25) is 0 Å². The average Bonchev–Trinajstić information content (AvgIpc) is 2.58. The van der Waals surface area contributed by atoms with Gasteiger partial charge in [-0.3, -0.25) is 0 Å². The molecule has 1 N–H and O–H groups in total. The van der Waals surface area contributed by atoms with Crippen molar-refractivity contribution in [1.82, 2.24) is 5.32 Å². The molecule has 0 bridgehead atoms. The molecule has 0 saturated carbocycles. The quantitative estimate of drug-likeness (QED) is 0.603. The van der Waals surface area contributed by atoms with E-state index in [4.69, 9.17) is 0 Å². The third-order valence-corrected chi connectivity index (χ3v) is 3.83. The summed E-state index contributed by atoms with van der Waals surface area (Å²) in [6, 6.07) is 0. The van der Waals surface area contributed by atoms with Crippen LogP contribution >= 0.6 is 11.8 Å². The Morgan fingerprint density at radius 2 is 2.36 bits per heavy atom. The van der Waals surface area contributed by atoms with Crippen molar-refractivity contribution in [2.45, 2.75) is 24.6 Å². The molecule has 1 heterocycles. The topological polar surface area (TPSA) is 12.0 Å². The summed E-state index contributed by atoms with van der Waals surface area (Å²) in [5, 5.41) is 4.32. The summed E-state index contributed by atoms with van der Waals surface area (Å²) in [6.07, 6.45) is 8.64. The standard InChI is InChI=1S/C9H15NS/c1-2-4-8(5-3-1)9-10-6-7-11-9/h1-2,8-10H,3-7H2. The van der Waals surface area contributed by atoms with Gasteiger partial charge in [0.2, 0.25) is 0 Å². The maximum absolute atomic E-state index is 3.56. The van der Waals surface area contributed by atoms with Gasteiger partial charge >= 0.3 is 0 Å². The Balaban J connectivity index is 1.88. The number of nitrogens with one attached hydrogen (secondary N) is 1. The van der Waals surface area contributed by atoms with Crippen molar-refractivity contribution in [1.29, 1.82) is 0 Å². The molecule has 0 aromatic heterocycles.